The van der Waals surface area contributed by atoms with Gasteiger partial charge in [0.1, 0.15) is 0 Å². The zero-order valence-electron chi connectivity index (χ0n) is 15.1. The van der Waals surface area contributed by atoms with Crippen LogP contribution in [0.25, 0.3) is 0 Å². The van der Waals surface area contributed by atoms with Crippen LogP contribution in [0.3, 0.4) is 0 Å². The van der Waals surface area contributed by atoms with Crippen molar-refractivity contribution < 1.29 is 23.8 Å². The number of nitrogens with zero attached hydrogens (tertiary/aromatic N) is 2. The van der Waals surface area contributed by atoms with Gasteiger partial charge >= 0.3 is 5.97 Å². The standard InChI is InChI=1S/C20H19ClN2O5/c21-16-10-14(11-17-19(16)28-13-27-17)20(25)26-12-18(24)23-8-6-22(7-9-23)15-4-2-1-3-5-15/h1-5,10-11H,6-9,12-13H2. The first-order chi connectivity index (χ1) is 13.6. The Morgan fingerprint density at radius 1 is 1.04 bits per heavy atom. The molecule has 7 nitrogen and oxygen atoms in total. The normalized spacial score (nSPS) is 15.5. The Morgan fingerprint density at radius 2 is 1.79 bits per heavy atom. The molecule has 2 aromatic carbocycles. The van der Waals surface area contributed by atoms with E-state index in [1.807, 2.05) is 18.2 Å². The summed E-state index contributed by atoms with van der Waals surface area (Å²) in [4.78, 5) is 28.6. The molecule has 0 saturated carbocycles. The molecule has 0 N–H and O–H groups in total. The van der Waals surface area contributed by atoms with Crippen LogP contribution < -0.4 is 14.4 Å². The number of para-hydroxylation sites is 1. The predicted octanol–water partition coefficient (Wildman–Crippen LogP) is 2.57. The van der Waals surface area contributed by atoms with Gasteiger partial charge in [-0.05, 0) is 24.3 Å². The van der Waals surface area contributed by atoms with Crippen molar-refractivity contribution in [2.24, 2.45) is 0 Å². The number of hydrogen-bond donors (Lipinski definition) is 0. The zero-order valence-corrected chi connectivity index (χ0v) is 15.9. The van der Waals surface area contributed by atoms with Crippen molar-refractivity contribution in [3.63, 3.8) is 0 Å². The van der Waals surface area contributed by atoms with Crippen molar-refractivity contribution in [1.29, 1.82) is 0 Å². The summed E-state index contributed by atoms with van der Waals surface area (Å²) in [5.74, 6) is -0.0437. The molecule has 146 valence electrons. The molecule has 0 unspecified atom stereocenters. The number of ether oxygens (including phenoxy) is 3. The van der Waals surface area contributed by atoms with Gasteiger partial charge in [0.15, 0.2) is 18.1 Å². The van der Waals surface area contributed by atoms with E-state index in [9.17, 15) is 9.59 Å². The maximum Gasteiger partial charge on any atom is 0.338 e. The van der Waals surface area contributed by atoms with Crippen LogP contribution in [0.4, 0.5) is 5.69 Å². The number of rotatable bonds is 4. The lowest BCUT2D eigenvalue weighted by atomic mass is 10.2. The molecule has 1 fully saturated rings. The first-order valence-electron chi connectivity index (χ1n) is 8.96. The molecule has 0 spiro atoms. The summed E-state index contributed by atoms with van der Waals surface area (Å²) in [5, 5.41) is 0.269. The van der Waals surface area contributed by atoms with E-state index in [0.29, 0.717) is 24.6 Å². The van der Waals surface area contributed by atoms with Crippen molar-refractivity contribution in [1.82, 2.24) is 4.90 Å². The van der Waals surface area contributed by atoms with Crippen LogP contribution in [-0.2, 0) is 9.53 Å². The lowest BCUT2D eigenvalue weighted by Gasteiger charge is -2.36. The summed E-state index contributed by atoms with van der Waals surface area (Å²) in [5.41, 5.74) is 1.36. The lowest BCUT2D eigenvalue weighted by molar-refractivity contribution is -0.134. The van der Waals surface area contributed by atoms with Crippen molar-refractivity contribution in [3.05, 3.63) is 53.1 Å². The van der Waals surface area contributed by atoms with Crippen LogP contribution in [-0.4, -0.2) is 56.4 Å². The third-order valence-electron chi connectivity index (χ3n) is 4.74. The van der Waals surface area contributed by atoms with Gasteiger partial charge in [0.2, 0.25) is 6.79 Å². The summed E-state index contributed by atoms with van der Waals surface area (Å²) < 4.78 is 15.6. The Labute approximate surface area is 167 Å². The minimum absolute atomic E-state index is 0.0565. The van der Waals surface area contributed by atoms with Crippen LogP contribution in [0, 0.1) is 0 Å². The van der Waals surface area contributed by atoms with Gasteiger partial charge < -0.3 is 24.0 Å². The Morgan fingerprint density at radius 3 is 2.54 bits per heavy atom. The second-order valence-electron chi connectivity index (χ2n) is 6.47. The molecule has 1 amide bonds. The topological polar surface area (TPSA) is 68.3 Å². The molecule has 2 aromatic rings. The highest BCUT2D eigenvalue weighted by Gasteiger charge is 2.24. The largest absolute Gasteiger partial charge is 0.454 e. The van der Waals surface area contributed by atoms with Crippen molar-refractivity contribution >= 4 is 29.2 Å². The first kappa shape index (κ1) is 18.4. The molecule has 2 aliphatic heterocycles. The van der Waals surface area contributed by atoms with Crippen LogP contribution >= 0.6 is 11.6 Å². The van der Waals surface area contributed by atoms with Crippen LogP contribution in [0.2, 0.25) is 5.02 Å². The summed E-state index contributed by atoms with van der Waals surface area (Å²) >= 11 is 6.07. The monoisotopic (exact) mass is 402 g/mol. The maximum absolute atomic E-state index is 12.4. The van der Waals surface area contributed by atoms with E-state index in [1.165, 1.54) is 12.1 Å². The third-order valence-corrected chi connectivity index (χ3v) is 5.02. The van der Waals surface area contributed by atoms with Gasteiger partial charge in [-0.3, -0.25) is 4.79 Å². The van der Waals surface area contributed by atoms with Crippen LogP contribution in [0.15, 0.2) is 42.5 Å². The van der Waals surface area contributed by atoms with Gasteiger partial charge in [0.25, 0.3) is 5.91 Å². The maximum atomic E-state index is 12.4. The van der Waals surface area contributed by atoms with Gasteiger partial charge in [0.05, 0.1) is 10.6 Å². The fourth-order valence-corrected chi connectivity index (χ4v) is 3.51. The molecule has 8 heteroatoms. The van der Waals surface area contributed by atoms with Crippen molar-refractivity contribution in [2.45, 2.75) is 0 Å². The highest BCUT2D eigenvalue weighted by molar-refractivity contribution is 6.32. The smallest absolute Gasteiger partial charge is 0.338 e. The molecule has 0 radical (unpaired) electrons. The molecule has 28 heavy (non-hydrogen) atoms. The summed E-state index contributed by atoms with van der Waals surface area (Å²) in [6.07, 6.45) is 0. The number of amides is 1. The Kier molecular flexibility index (Phi) is 5.25. The Hall–Kier alpha value is -2.93. The van der Waals surface area contributed by atoms with Crippen molar-refractivity contribution in [2.75, 3.05) is 44.5 Å². The minimum atomic E-state index is -0.628. The first-order valence-corrected chi connectivity index (χ1v) is 9.33. The number of fused-ring (bicyclic) bond motifs is 1. The number of anilines is 1. The van der Waals surface area contributed by atoms with Gasteiger partial charge in [0, 0.05) is 31.9 Å². The number of piperazine rings is 1. The number of carbonyl (C=O) groups is 2. The van der Waals surface area contributed by atoms with Gasteiger partial charge in [-0.25, -0.2) is 4.79 Å². The average molecular weight is 403 g/mol. The SMILES string of the molecule is O=C(OCC(=O)N1CCN(c2ccccc2)CC1)c1cc(Cl)c2c(c1)OCO2. The van der Waals surface area contributed by atoms with Gasteiger partial charge in [-0.2, -0.15) is 0 Å². The summed E-state index contributed by atoms with van der Waals surface area (Å²) in [7, 11) is 0. The number of carbonyl (C=O) groups excluding carboxylic acids is 2. The molecule has 0 bridgehead atoms. The molecule has 1 saturated heterocycles. The molecular formula is C20H19ClN2O5. The van der Waals surface area contributed by atoms with E-state index in [2.05, 4.69) is 17.0 Å². The van der Waals surface area contributed by atoms with E-state index in [0.717, 1.165) is 18.8 Å². The van der Waals surface area contributed by atoms with Gasteiger partial charge in [-0.1, -0.05) is 29.8 Å². The van der Waals surface area contributed by atoms with Crippen LogP contribution in [0.1, 0.15) is 10.4 Å². The summed E-state index contributed by atoms with van der Waals surface area (Å²) in [6.45, 7) is 2.39. The molecular weight excluding hydrogens is 384 g/mol. The molecule has 0 atom stereocenters. The third kappa shape index (κ3) is 3.84. The quantitative estimate of drug-likeness (QED) is 0.732. The van der Waals surface area contributed by atoms with E-state index in [1.54, 1.807) is 4.90 Å². The number of esters is 1. The molecule has 0 aromatic heterocycles. The Bertz CT molecular complexity index is 882. The lowest BCUT2D eigenvalue weighted by Crippen LogP contribution is -2.49. The fraction of sp³-hybridized carbons (Fsp3) is 0.300. The molecule has 4 rings (SSSR count). The van der Waals surface area contributed by atoms with E-state index >= 15 is 0 Å². The van der Waals surface area contributed by atoms with E-state index in [-0.39, 0.29) is 29.9 Å². The number of halogens is 1. The van der Waals surface area contributed by atoms with Gasteiger partial charge in [-0.15, -0.1) is 0 Å². The highest BCUT2D eigenvalue weighted by atomic mass is 35.5. The fourth-order valence-electron chi connectivity index (χ4n) is 3.24. The molecule has 2 aliphatic rings. The molecule has 2 heterocycles. The summed E-state index contributed by atoms with van der Waals surface area (Å²) in [6, 6.07) is 13.0. The zero-order chi connectivity index (χ0) is 19.5. The number of hydrogen-bond acceptors (Lipinski definition) is 6. The second kappa shape index (κ2) is 7.98. The average Bonchev–Trinajstić information content (AvgIpc) is 3.22. The Balaban J connectivity index is 1.29. The number of benzene rings is 2. The van der Waals surface area contributed by atoms with E-state index < -0.39 is 5.97 Å². The highest BCUT2D eigenvalue weighted by Crippen LogP contribution is 2.39. The second-order valence-corrected chi connectivity index (χ2v) is 6.88. The molecule has 0 aliphatic carbocycles. The van der Waals surface area contributed by atoms with Crippen molar-refractivity contribution in [3.8, 4) is 11.5 Å². The predicted molar refractivity (Wildman–Crippen MR) is 103 cm³/mol. The van der Waals surface area contributed by atoms with E-state index in [4.69, 9.17) is 25.8 Å². The van der Waals surface area contributed by atoms with Crippen LogP contribution in [0.5, 0.6) is 11.5 Å². The minimum Gasteiger partial charge on any atom is -0.454 e.